The van der Waals surface area contributed by atoms with Crippen molar-refractivity contribution in [3.63, 3.8) is 0 Å². The molecule has 0 aliphatic heterocycles. The maximum atomic E-state index is 3.39. The van der Waals surface area contributed by atoms with Crippen molar-refractivity contribution in [2.45, 2.75) is 38.5 Å². The molecule has 64 valence electrons. The van der Waals surface area contributed by atoms with Crippen LogP contribution in [0.3, 0.4) is 0 Å². The zero-order valence-electron chi connectivity index (χ0n) is 7.55. The van der Waals surface area contributed by atoms with E-state index in [1.807, 2.05) is 0 Å². The molecule has 0 bridgehead atoms. The molecule has 0 aromatic rings. The van der Waals surface area contributed by atoms with Crippen molar-refractivity contribution in [3.8, 4) is 0 Å². The number of hydrogen-bond donors (Lipinski definition) is 0. The van der Waals surface area contributed by atoms with Gasteiger partial charge in [-0.05, 0) is 30.9 Å². The molecule has 0 radical (unpaired) electrons. The second-order valence-electron chi connectivity index (χ2n) is 3.78. The molecule has 0 nitrogen and oxygen atoms in total. The summed E-state index contributed by atoms with van der Waals surface area (Å²) < 4.78 is 0. The predicted octanol–water partition coefficient (Wildman–Crippen LogP) is 3.61. The summed E-state index contributed by atoms with van der Waals surface area (Å²) in [6, 6.07) is 0. The van der Waals surface area contributed by atoms with E-state index in [1.165, 1.54) is 38.5 Å². The summed E-state index contributed by atoms with van der Waals surface area (Å²) in [6.07, 6.45) is 14.8. The quantitative estimate of drug-likeness (QED) is 0.475. The molecule has 1 atom stereocenters. The summed E-state index contributed by atoms with van der Waals surface area (Å²) in [5.41, 5.74) is 4.95. The third-order valence-corrected chi connectivity index (χ3v) is 2.87. The van der Waals surface area contributed by atoms with Crippen LogP contribution >= 0.6 is 0 Å². The molecule has 2 rings (SSSR count). The van der Waals surface area contributed by atoms with Crippen LogP contribution in [0.5, 0.6) is 0 Å². The molecule has 0 aromatic heterocycles. The maximum absolute atomic E-state index is 3.39. The number of allylic oxidation sites excluding steroid dienone is 3. The van der Waals surface area contributed by atoms with Crippen molar-refractivity contribution in [2.75, 3.05) is 0 Å². The maximum Gasteiger partial charge on any atom is 0.00561 e. The Morgan fingerprint density at radius 3 is 3.08 bits per heavy atom. The first-order valence-corrected chi connectivity index (χ1v) is 5.09. The van der Waals surface area contributed by atoms with Crippen LogP contribution in [0, 0.1) is 5.92 Å². The SMILES string of the molecule is C1=CC=CC2CCCCCCC=12. The molecule has 0 saturated heterocycles. The first-order valence-electron chi connectivity index (χ1n) is 5.09. The van der Waals surface area contributed by atoms with Gasteiger partial charge < -0.3 is 0 Å². The van der Waals surface area contributed by atoms with Crippen LogP contribution in [0.25, 0.3) is 0 Å². The highest BCUT2D eigenvalue weighted by atomic mass is 14.2. The van der Waals surface area contributed by atoms with Gasteiger partial charge in [0.25, 0.3) is 0 Å². The normalized spacial score (nSPS) is 28.7. The molecular formula is C12H16. The van der Waals surface area contributed by atoms with E-state index in [1.54, 1.807) is 5.57 Å². The molecule has 1 fully saturated rings. The zero-order chi connectivity index (χ0) is 8.23. The summed E-state index contributed by atoms with van der Waals surface area (Å²) in [5.74, 6) is 0.732. The van der Waals surface area contributed by atoms with E-state index in [9.17, 15) is 0 Å². The Labute approximate surface area is 74.7 Å². The van der Waals surface area contributed by atoms with Crippen molar-refractivity contribution in [3.05, 3.63) is 29.5 Å². The molecule has 0 heteroatoms. The van der Waals surface area contributed by atoms with Gasteiger partial charge in [0, 0.05) is 5.92 Å². The van der Waals surface area contributed by atoms with Gasteiger partial charge in [0.1, 0.15) is 0 Å². The van der Waals surface area contributed by atoms with Crippen molar-refractivity contribution in [1.29, 1.82) is 0 Å². The van der Waals surface area contributed by atoms with E-state index in [4.69, 9.17) is 0 Å². The average Bonchev–Trinajstić information content (AvgIpc) is 2.06. The molecule has 0 amide bonds. The zero-order valence-corrected chi connectivity index (χ0v) is 7.55. The van der Waals surface area contributed by atoms with Crippen LogP contribution in [-0.4, -0.2) is 0 Å². The number of fused-ring (bicyclic) bond motifs is 1. The van der Waals surface area contributed by atoms with Crippen LogP contribution < -0.4 is 0 Å². The molecule has 0 N–H and O–H groups in total. The number of rotatable bonds is 0. The van der Waals surface area contributed by atoms with Gasteiger partial charge in [-0.15, -0.1) is 5.73 Å². The van der Waals surface area contributed by atoms with Crippen molar-refractivity contribution in [2.24, 2.45) is 5.92 Å². The first-order chi connectivity index (χ1) is 5.97. The minimum atomic E-state index is 0.732. The molecule has 0 aromatic carbocycles. The molecule has 0 spiro atoms. The highest BCUT2D eigenvalue weighted by Gasteiger charge is 2.13. The lowest BCUT2D eigenvalue weighted by Gasteiger charge is -2.19. The van der Waals surface area contributed by atoms with Crippen LogP contribution in [-0.2, 0) is 0 Å². The summed E-state index contributed by atoms with van der Waals surface area (Å²) in [7, 11) is 0. The van der Waals surface area contributed by atoms with Gasteiger partial charge in [-0.1, -0.05) is 31.4 Å². The van der Waals surface area contributed by atoms with E-state index in [2.05, 4.69) is 24.0 Å². The molecule has 1 unspecified atom stereocenters. The van der Waals surface area contributed by atoms with Crippen LogP contribution in [0.15, 0.2) is 29.5 Å². The molecule has 0 heterocycles. The standard InChI is InChI=1S/C12H16/c1-2-4-8-12-10-6-5-9-11(12)7-3-1/h5-6,9,11H,1-4,7-8H2. The summed E-state index contributed by atoms with van der Waals surface area (Å²) in [4.78, 5) is 0. The molecule has 2 aliphatic carbocycles. The lowest BCUT2D eigenvalue weighted by Crippen LogP contribution is -2.05. The van der Waals surface area contributed by atoms with Gasteiger partial charge in [0.2, 0.25) is 0 Å². The minimum absolute atomic E-state index is 0.732. The fourth-order valence-corrected chi connectivity index (χ4v) is 2.13. The lowest BCUT2D eigenvalue weighted by molar-refractivity contribution is 0.513. The van der Waals surface area contributed by atoms with Gasteiger partial charge in [0.15, 0.2) is 0 Å². The summed E-state index contributed by atoms with van der Waals surface area (Å²) >= 11 is 0. The van der Waals surface area contributed by atoms with Gasteiger partial charge >= 0.3 is 0 Å². The van der Waals surface area contributed by atoms with Gasteiger partial charge in [-0.3, -0.25) is 0 Å². The Morgan fingerprint density at radius 2 is 2.08 bits per heavy atom. The van der Waals surface area contributed by atoms with Crippen LogP contribution in [0.1, 0.15) is 38.5 Å². The van der Waals surface area contributed by atoms with Crippen molar-refractivity contribution < 1.29 is 0 Å². The van der Waals surface area contributed by atoms with Gasteiger partial charge in [-0.2, -0.15) is 0 Å². The van der Waals surface area contributed by atoms with E-state index < -0.39 is 0 Å². The molecule has 2 aliphatic rings. The van der Waals surface area contributed by atoms with Gasteiger partial charge in [0.05, 0.1) is 0 Å². The van der Waals surface area contributed by atoms with E-state index in [-0.39, 0.29) is 0 Å². The average molecular weight is 160 g/mol. The van der Waals surface area contributed by atoms with Crippen LogP contribution in [0.4, 0.5) is 0 Å². The Morgan fingerprint density at radius 1 is 1.17 bits per heavy atom. The van der Waals surface area contributed by atoms with Crippen molar-refractivity contribution >= 4 is 0 Å². The fourth-order valence-electron chi connectivity index (χ4n) is 2.13. The summed E-state index contributed by atoms with van der Waals surface area (Å²) in [6.45, 7) is 0. The Hall–Kier alpha value is -0.740. The smallest absolute Gasteiger partial charge is 0.00561 e. The highest BCUT2D eigenvalue weighted by Crippen LogP contribution is 2.28. The number of hydrogen-bond acceptors (Lipinski definition) is 0. The Kier molecular flexibility index (Phi) is 2.48. The Balaban J connectivity index is 2.12. The summed E-state index contributed by atoms with van der Waals surface area (Å²) in [5, 5.41) is 0. The molecule has 1 saturated carbocycles. The van der Waals surface area contributed by atoms with E-state index >= 15 is 0 Å². The third kappa shape index (κ3) is 1.70. The lowest BCUT2D eigenvalue weighted by atomic mass is 9.85. The largest absolute Gasteiger partial charge is 0.121 e. The second kappa shape index (κ2) is 3.78. The first kappa shape index (κ1) is 7.89. The molecule has 12 heavy (non-hydrogen) atoms. The predicted molar refractivity (Wildman–Crippen MR) is 51.9 cm³/mol. The molecular weight excluding hydrogens is 144 g/mol. The van der Waals surface area contributed by atoms with E-state index in [0.29, 0.717) is 0 Å². The fraction of sp³-hybridized carbons (Fsp3) is 0.583. The topological polar surface area (TPSA) is 0 Å². The van der Waals surface area contributed by atoms with E-state index in [0.717, 1.165) is 5.92 Å². The monoisotopic (exact) mass is 160 g/mol. The highest BCUT2D eigenvalue weighted by molar-refractivity contribution is 5.22. The minimum Gasteiger partial charge on any atom is -0.121 e. The van der Waals surface area contributed by atoms with Crippen LogP contribution in [0.2, 0.25) is 0 Å². The van der Waals surface area contributed by atoms with Gasteiger partial charge in [-0.25, -0.2) is 0 Å². The second-order valence-corrected chi connectivity index (χ2v) is 3.78. The Bertz CT molecular complexity index is 239. The third-order valence-electron chi connectivity index (χ3n) is 2.87. The van der Waals surface area contributed by atoms with Crippen molar-refractivity contribution in [1.82, 2.24) is 0 Å².